The first-order valence-corrected chi connectivity index (χ1v) is 5.17. The summed E-state index contributed by atoms with van der Waals surface area (Å²) in [5.74, 6) is -2.12. The highest BCUT2D eigenvalue weighted by Crippen LogP contribution is 2.19. The van der Waals surface area contributed by atoms with E-state index in [1.54, 1.807) is 0 Å². The van der Waals surface area contributed by atoms with E-state index in [-0.39, 0.29) is 16.9 Å². The van der Waals surface area contributed by atoms with Crippen molar-refractivity contribution in [3.05, 3.63) is 30.2 Å². The molecule has 1 N–H and O–H groups in total. The summed E-state index contributed by atoms with van der Waals surface area (Å²) in [7, 11) is 1.19. The Morgan fingerprint density at radius 2 is 2.21 bits per heavy atom. The van der Waals surface area contributed by atoms with Crippen LogP contribution in [-0.4, -0.2) is 34.8 Å². The van der Waals surface area contributed by atoms with Crippen molar-refractivity contribution in [1.82, 2.24) is 9.38 Å². The van der Waals surface area contributed by atoms with Crippen LogP contribution in [0.2, 0.25) is 0 Å². The number of methoxy groups -OCH3 is 1. The van der Waals surface area contributed by atoms with Gasteiger partial charge in [-0.05, 0) is 6.07 Å². The van der Waals surface area contributed by atoms with Gasteiger partial charge in [0, 0.05) is 18.6 Å². The number of nitrogens with one attached hydrogen (secondary N) is 1. The van der Waals surface area contributed by atoms with E-state index in [1.807, 2.05) is 5.32 Å². The number of hydrogen-bond donors (Lipinski definition) is 1. The van der Waals surface area contributed by atoms with Crippen molar-refractivity contribution in [3.63, 3.8) is 0 Å². The summed E-state index contributed by atoms with van der Waals surface area (Å²) in [5.41, 5.74) is 0.373. The van der Waals surface area contributed by atoms with Gasteiger partial charge in [0.05, 0.1) is 18.4 Å². The van der Waals surface area contributed by atoms with Gasteiger partial charge in [0.25, 0.3) is 5.91 Å². The van der Waals surface area contributed by atoms with Crippen molar-refractivity contribution in [3.8, 4) is 0 Å². The Kier molecular flexibility index (Phi) is 3.41. The lowest BCUT2D eigenvalue weighted by atomic mass is 10.2. The molecule has 0 saturated heterocycles. The molecule has 0 aliphatic rings. The molecule has 1 amide bonds. The van der Waals surface area contributed by atoms with Crippen molar-refractivity contribution in [1.29, 1.82) is 0 Å². The van der Waals surface area contributed by atoms with E-state index >= 15 is 0 Å². The minimum Gasteiger partial charge on any atom is -0.465 e. The number of aromatic nitrogens is 2. The van der Waals surface area contributed by atoms with Crippen LogP contribution in [0.4, 0.5) is 14.5 Å². The molecular weight excluding hydrogens is 260 g/mol. The lowest BCUT2D eigenvalue weighted by molar-refractivity contribution is -0.126. The van der Waals surface area contributed by atoms with Crippen LogP contribution in [0.25, 0.3) is 5.65 Å². The quantitative estimate of drug-likeness (QED) is 0.853. The average Bonchev–Trinajstić information content (AvgIpc) is 2.85. The molecule has 0 aromatic carbocycles. The van der Waals surface area contributed by atoms with Gasteiger partial charge >= 0.3 is 12.4 Å². The molecule has 19 heavy (non-hydrogen) atoms. The molecule has 0 radical (unpaired) electrons. The second-order valence-electron chi connectivity index (χ2n) is 3.58. The highest BCUT2D eigenvalue weighted by atomic mass is 19.3. The third kappa shape index (κ3) is 2.51. The zero-order valence-electron chi connectivity index (χ0n) is 9.76. The Bertz CT molecular complexity index is 639. The lowest BCUT2D eigenvalue weighted by Gasteiger charge is -2.08. The third-order valence-electron chi connectivity index (χ3n) is 2.36. The van der Waals surface area contributed by atoms with Crippen LogP contribution in [-0.2, 0) is 9.53 Å². The van der Waals surface area contributed by atoms with Gasteiger partial charge < -0.3 is 14.5 Å². The van der Waals surface area contributed by atoms with E-state index < -0.39 is 18.3 Å². The minimum atomic E-state index is -3.16. The number of esters is 1. The molecule has 2 heterocycles. The number of amides is 1. The fourth-order valence-corrected chi connectivity index (χ4v) is 1.54. The Balaban J connectivity index is 2.48. The first-order valence-electron chi connectivity index (χ1n) is 5.17. The molecule has 0 fully saturated rings. The van der Waals surface area contributed by atoms with Crippen molar-refractivity contribution < 1.29 is 23.1 Å². The van der Waals surface area contributed by atoms with E-state index in [1.165, 1.54) is 36.2 Å². The zero-order chi connectivity index (χ0) is 14.0. The van der Waals surface area contributed by atoms with Gasteiger partial charge in [-0.25, -0.2) is 9.78 Å². The Labute approximate surface area is 106 Å². The highest BCUT2D eigenvalue weighted by Gasteiger charge is 2.18. The van der Waals surface area contributed by atoms with Gasteiger partial charge in [-0.3, -0.25) is 4.79 Å². The second kappa shape index (κ2) is 5.01. The third-order valence-corrected chi connectivity index (χ3v) is 2.36. The van der Waals surface area contributed by atoms with Crippen LogP contribution >= 0.6 is 0 Å². The Morgan fingerprint density at radius 1 is 1.47 bits per heavy atom. The van der Waals surface area contributed by atoms with E-state index in [9.17, 15) is 18.4 Å². The number of anilines is 1. The highest BCUT2D eigenvalue weighted by molar-refractivity contribution is 5.98. The molecular formula is C11H9F2N3O3. The summed E-state index contributed by atoms with van der Waals surface area (Å²) in [6, 6.07) is 1.23. The SMILES string of the molecule is COC(=O)c1cc(NC(=O)C(F)F)c2nccn2c1. The Morgan fingerprint density at radius 3 is 2.84 bits per heavy atom. The van der Waals surface area contributed by atoms with Gasteiger partial charge in [0.15, 0.2) is 5.65 Å². The lowest BCUT2D eigenvalue weighted by Crippen LogP contribution is -2.21. The van der Waals surface area contributed by atoms with E-state index in [4.69, 9.17) is 0 Å². The molecule has 100 valence electrons. The maximum Gasteiger partial charge on any atom is 0.339 e. The number of halogens is 2. The molecule has 2 aromatic rings. The van der Waals surface area contributed by atoms with Crippen molar-refractivity contribution >= 4 is 23.2 Å². The number of carbonyl (C=O) groups is 2. The van der Waals surface area contributed by atoms with Crippen LogP contribution in [0.5, 0.6) is 0 Å². The van der Waals surface area contributed by atoms with Crippen LogP contribution in [0.1, 0.15) is 10.4 Å². The average molecular weight is 269 g/mol. The number of pyridine rings is 1. The summed E-state index contributed by atoms with van der Waals surface area (Å²) < 4.78 is 30.4. The monoisotopic (exact) mass is 269 g/mol. The molecule has 2 aromatic heterocycles. The largest absolute Gasteiger partial charge is 0.465 e. The predicted molar refractivity (Wildman–Crippen MR) is 61.2 cm³/mol. The molecule has 0 aliphatic carbocycles. The van der Waals surface area contributed by atoms with Gasteiger partial charge in [-0.2, -0.15) is 8.78 Å². The van der Waals surface area contributed by atoms with E-state index in [2.05, 4.69) is 9.72 Å². The molecule has 0 unspecified atom stereocenters. The van der Waals surface area contributed by atoms with Crippen LogP contribution < -0.4 is 5.32 Å². The summed E-state index contributed by atoms with van der Waals surface area (Å²) in [6.07, 6.45) is 1.19. The fraction of sp³-hybridized carbons (Fsp3) is 0.182. The van der Waals surface area contributed by atoms with Gasteiger partial charge in [-0.15, -0.1) is 0 Å². The standard InChI is InChI=1S/C11H9F2N3O3/c1-19-11(18)6-4-7(15-10(17)8(12)13)9-14-2-3-16(9)5-6/h2-5,8H,1H3,(H,15,17). The van der Waals surface area contributed by atoms with Crippen molar-refractivity contribution in [2.75, 3.05) is 12.4 Å². The number of imidazole rings is 1. The first kappa shape index (κ1) is 12.9. The summed E-state index contributed by atoms with van der Waals surface area (Å²) in [5, 5.41) is 2.01. The topological polar surface area (TPSA) is 72.7 Å². The summed E-state index contributed by atoms with van der Waals surface area (Å²) >= 11 is 0. The number of rotatable bonds is 3. The van der Waals surface area contributed by atoms with Gasteiger partial charge in [0.2, 0.25) is 0 Å². The molecule has 0 aliphatic heterocycles. The fourth-order valence-electron chi connectivity index (χ4n) is 1.54. The second-order valence-corrected chi connectivity index (χ2v) is 3.58. The number of hydrogen-bond acceptors (Lipinski definition) is 4. The number of fused-ring (bicyclic) bond motifs is 1. The van der Waals surface area contributed by atoms with Gasteiger partial charge in [0.1, 0.15) is 0 Å². The summed E-state index contributed by atoms with van der Waals surface area (Å²) in [6.45, 7) is 0. The number of carbonyl (C=O) groups excluding carboxylic acids is 2. The molecule has 2 rings (SSSR count). The number of ether oxygens (including phenoxy) is 1. The molecule has 0 saturated carbocycles. The Hall–Kier alpha value is -2.51. The molecule has 0 atom stereocenters. The van der Waals surface area contributed by atoms with E-state index in [0.717, 1.165) is 0 Å². The molecule has 8 heteroatoms. The normalized spacial score (nSPS) is 10.7. The maximum atomic E-state index is 12.2. The van der Waals surface area contributed by atoms with Crippen LogP contribution in [0, 0.1) is 0 Å². The zero-order valence-corrected chi connectivity index (χ0v) is 9.76. The van der Waals surface area contributed by atoms with Crippen molar-refractivity contribution in [2.24, 2.45) is 0 Å². The number of alkyl halides is 2. The van der Waals surface area contributed by atoms with Crippen LogP contribution in [0.3, 0.4) is 0 Å². The number of nitrogens with zero attached hydrogens (tertiary/aromatic N) is 2. The maximum absolute atomic E-state index is 12.2. The van der Waals surface area contributed by atoms with Gasteiger partial charge in [-0.1, -0.05) is 0 Å². The van der Waals surface area contributed by atoms with Crippen molar-refractivity contribution in [2.45, 2.75) is 6.43 Å². The van der Waals surface area contributed by atoms with Crippen LogP contribution in [0.15, 0.2) is 24.7 Å². The molecule has 0 bridgehead atoms. The minimum absolute atomic E-state index is 0.0122. The van der Waals surface area contributed by atoms with E-state index in [0.29, 0.717) is 0 Å². The summed E-state index contributed by atoms with van der Waals surface area (Å²) in [4.78, 5) is 26.4. The molecule has 0 spiro atoms. The predicted octanol–water partition coefficient (Wildman–Crippen LogP) is 1.32. The smallest absolute Gasteiger partial charge is 0.339 e. The molecule has 6 nitrogen and oxygen atoms in total. The first-order chi connectivity index (χ1) is 9.02.